The molecule has 1 atom stereocenters. The van der Waals surface area contributed by atoms with Crippen LogP contribution in [0.4, 0.5) is 10.5 Å². The van der Waals surface area contributed by atoms with Crippen LogP contribution in [-0.4, -0.2) is 51.8 Å². The molecule has 3 aliphatic rings. The number of nitrogens with zero attached hydrogens (tertiary/aromatic N) is 3. The first-order valence-electron chi connectivity index (χ1n) is 10.9. The monoisotopic (exact) mass is 431 g/mol. The molecule has 0 aliphatic carbocycles. The molecule has 4 amide bonds. The number of nitrogens with one attached hydrogen (secondary N) is 2. The van der Waals surface area contributed by atoms with Gasteiger partial charge >= 0.3 is 6.03 Å². The maximum Gasteiger partial charge on any atom is 0.322 e. The number of aromatic nitrogens is 1. The fraction of sp³-hybridized carbons (Fsp3) is 0.333. The predicted molar refractivity (Wildman–Crippen MR) is 119 cm³/mol. The molecule has 8 heteroatoms. The molecule has 164 valence electrons. The molecule has 0 saturated carbocycles. The van der Waals surface area contributed by atoms with Gasteiger partial charge in [-0.3, -0.25) is 14.6 Å². The molecule has 1 fully saturated rings. The van der Waals surface area contributed by atoms with E-state index in [9.17, 15) is 14.4 Å². The van der Waals surface area contributed by atoms with Gasteiger partial charge in [0.2, 0.25) is 11.8 Å². The number of rotatable bonds is 3. The van der Waals surface area contributed by atoms with Crippen molar-refractivity contribution in [1.82, 2.24) is 20.1 Å². The number of anilines is 1. The minimum atomic E-state index is -0.375. The number of pyridine rings is 1. The molecule has 32 heavy (non-hydrogen) atoms. The highest BCUT2D eigenvalue weighted by molar-refractivity contribution is 5.91. The number of fused-ring (bicyclic) bond motifs is 1. The third-order valence-corrected chi connectivity index (χ3v) is 6.34. The van der Waals surface area contributed by atoms with Crippen molar-refractivity contribution in [2.45, 2.75) is 38.4 Å². The zero-order valence-electron chi connectivity index (χ0n) is 17.7. The van der Waals surface area contributed by atoms with Crippen LogP contribution in [0.15, 0.2) is 48.8 Å². The lowest BCUT2D eigenvalue weighted by molar-refractivity contribution is -0.134. The van der Waals surface area contributed by atoms with Gasteiger partial charge < -0.3 is 20.4 Å². The van der Waals surface area contributed by atoms with Gasteiger partial charge in [-0.2, -0.15) is 0 Å². The SMILES string of the molecule is O=C1CC[C@@H](C(=O)N2CC=C(c3ccc(NC(=O)N4Cc5ccncc5C4)cc3)CC2)N1. The van der Waals surface area contributed by atoms with Crippen LogP contribution in [0.3, 0.4) is 0 Å². The third kappa shape index (κ3) is 4.08. The van der Waals surface area contributed by atoms with Crippen molar-refractivity contribution in [2.75, 3.05) is 18.4 Å². The lowest BCUT2D eigenvalue weighted by atomic mass is 9.98. The number of carbonyl (C=O) groups is 3. The lowest BCUT2D eigenvalue weighted by Crippen LogP contribution is -2.45. The number of carbonyl (C=O) groups excluding carboxylic acids is 3. The molecule has 8 nitrogen and oxygen atoms in total. The van der Waals surface area contributed by atoms with Crippen molar-refractivity contribution in [1.29, 1.82) is 0 Å². The molecule has 3 aliphatic heterocycles. The lowest BCUT2D eigenvalue weighted by Gasteiger charge is -2.29. The highest BCUT2D eigenvalue weighted by atomic mass is 16.2. The molecule has 0 spiro atoms. The second kappa shape index (κ2) is 8.45. The van der Waals surface area contributed by atoms with E-state index in [0.717, 1.165) is 28.8 Å². The predicted octanol–water partition coefficient (Wildman–Crippen LogP) is 2.52. The summed E-state index contributed by atoms with van der Waals surface area (Å²) < 4.78 is 0. The zero-order valence-corrected chi connectivity index (χ0v) is 17.7. The Morgan fingerprint density at radius 1 is 1.03 bits per heavy atom. The molecule has 1 aromatic carbocycles. The Kier molecular flexibility index (Phi) is 5.34. The molecule has 2 aromatic rings. The van der Waals surface area contributed by atoms with Gasteiger partial charge in [0, 0.05) is 50.7 Å². The molecule has 2 N–H and O–H groups in total. The highest BCUT2D eigenvalue weighted by Crippen LogP contribution is 2.26. The smallest absolute Gasteiger partial charge is 0.322 e. The second-order valence-corrected chi connectivity index (χ2v) is 8.43. The van der Waals surface area contributed by atoms with Crippen LogP contribution < -0.4 is 10.6 Å². The van der Waals surface area contributed by atoms with Crippen molar-refractivity contribution in [2.24, 2.45) is 0 Å². The van der Waals surface area contributed by atoms with Crippen LogP contribution in [0.25, 0.3) is 5.57 Å². The van der Waals surface area contributed by atoms with Gasteiger partial charge in [-0.05, 0) is 53.3 Å². The summed E-state index contributed by atoms with van der Waals surface area (Å²) in [5, 5.41) is 5.71. The highest BCUT2D eigenvalue weighted by Gasteiger charge is 2.31. The first-order chi connectivity index (χ1) is 15.6. The van der Waals surface area contributed by atoms with E-state index in [1.807, 2.05) is 36.5 Å². The van der Waals surface area contributed by atoms with Crippen molar-refractivity contribution in [3.63, 3.8) is 0 Å². The summed E-state index contributed by atoms with van der Waals surface area (Å²) in [6.07, 6.45) is 7.41. The van der Waals surface area contributed by atoms with Crippen LogP contribution in [-0.2, 0) is 22.7 Å². The Morgan fingerprint density at radius 3 is 2.53 bits per heavy atom. The second-order valence-electron chi connectivity index (χ2n) is 8.43. The molecule has 0 bridgehead atoms. The average Bonchev–Trinajstić information content (AvgIpc) is 3.45. The summed E-state index contributed by atoms with van der Waals surface area (Å²) in [4.78, 5) is 44.2. The summed E-state index contributed by atoms with van der Waals surface area (Å²) in [5.41, 5.74) is 5.24. The molecule has 5 rings (SSSR count). The van der Waals surface area contributed by atoms with E-state index in [1.165, 1.54) is 5.57 Å². The van der Waals surface area contributed by atoms with E-state index in [-0.39, 0.29) is 23.9 Å². The van der Waals surface area contributed by atoms with Gasteiger partial charge in [0.25, 0.3) is 0 Å². The molecular weight excluding hydrogens is 406 g/mol. The molecule has 1 saturated heterocycles. The number of amides is 4. The summed E-state index contributed by atoms with van der Waals surface area (Å²) in [7, 11) is 0. The van der Waals surface area contributed by atoms with E-state index >= 15 is 0 Å². The Balaban J connectivity index is 1.16. The maximum atomic E-state index is 12.6. The zero-order chi connectivity index (χ0) is 22.1. The minimum Gasteiger partial charge on any atom is -0.344 e. The Morgan fingerprint density at radius 2 is 1.84 bits per heavy atom. The quantitative estimate of drug-likeness (QED) is 0.781. The molecule has 1 aromatic heterocycles. The van der Waals surface area contributed by atoms with Crippen molar-refractivity contribution in [3.8, 4) is 0 Å². The van der Waals surface area contributed by atoms with Gasteiger partial charge in [0.05, 0.1) is 0 Å². The average molecular weight is 431 g/mol. The first-order valence-corrected chi connectivity index (χ1v) is 10.9. The van der Waals surface area contributed by atoms with Gasteiger partial charge in [0.15, 0.2) is 0 Å². The Labute approximate surface area is 186 Å². The van der Waals surface area contributed by atoms with Crippen molar-refractivity contribution in [3.05, 3.63) is 65.5 Å². The number of hydrogen-bond donors (Lipinski definition) is 2. The summed E-state index contributed by atoms with van der Waals surface area (Å²) in [6, 6.07) is 9.26. The van der Waals surface area contributed by atoms with Crippen LogP contribution in [0.5, 0.6) is 0 Å². The third-order valence-electron chi connectivity index (χ3n) is 6.34. The number of benzene rings is 1. The van der Waals surface area contributed by atoms with Gasteiger partial charge in [0.1, 0.15) is 6.04 Å². The van der Waals surface area contributed by atoms with Crippen LogP contribution in [0.2, 0.25) is 0 Å². The summed E-state index contributed by atoms with van der Waals surface area (Å²) >= 11 is 0. The fourth-order valence-corrected chi connectivity index (χ4v) is 4.48. The Hall–Kier alpha value is -3.68. The molecular formula is C24H25N5O3. The van der Waals surface area contributed by atoms with E-state index in [2.05, 4.69) is 21.7 Å². The minimum absolute atomic E-state index is 0.00375. The van der Waals surface area contributed by atoms with E-state index in [1.54, 1.807) is 16.0 Å². The summed E-state index contributed by atoms with van der Waals surface area (Å²) in [6.45, 7) is 2.34. The largest absolute Gasteiger partial charge is 0.344 e. The Bertz CT molecular complexity index is 1070. The first kappa shape index (κ1) is 20.2. The van der Waals surface area contributed by atoms with Crippen molar-refractivity contribution < 1.29 is 14.4 Å². The van der Waals surface area contributed by atoms with E-state index < -0.39 is 0 Å². The molecule has 0 radical (unpaired) electrons. The topological polar surface area (TPSA) is 94.6 Å². The standard InChI is InChI=1S/C24H25N5O3/c30-22-6-5-21(27-22)23(31)28-11-8-17(9-12-28)16-1-3-20(4-2-16)26-24(32)29-14-18-7-10-25-13-19(18)15-29/h1-4,7-8,10,13,21H,5-6,9,11-12,14-15H2,(H,26,32)(H,27,30)/t21-/m0/s1. The van der Waals surface area contributed by atoms with Crippen LogP contribution in [0.1, 0.15) is 36.0 Å². The number of hydrogen-bond acceptors (Lipinski definition) is 4. The van der Waals surface area contributed by atoms with E-state index in [4.69, 9.17) is 0 Å². The van der Waals surface area contributed by atoms with Gasteiger partial charge in [-0.15, -0.1) is 0 Å². The summed E-state index contributed by atoms with van der Waals surface area (Å²) in [5.74, 6) is -0.0425. The normalized spacial score (nSPS) is 19.9. The molecule has 0 unspecified atom stereocenters. The van der Waals surface area contributed by atoms with Gasteiger partial charge in [-0.25, -0.2) is 4.79 Å². The number of urea groups is 1. The fourth-order valence-electron chi connectivity index (χ4n) is 4.48. The van der Waals surface area contributed by atoms with Crippen LogP contribution in [0, 0.1) is 0 Å². The van der Waals surface area contributed by atoms with E-state index in [0.29, 0.717) is 39.0 Å². The maximum absolute atomic E-state index is 12.6. The molecule has 4 heterocycles. The van der Waals surface area contributed by atoms with Gasteiger partial charge in [-0.1, -0.05) is 18.2 Å². The van der Waals surface area contributed by atoms with Crippen LogP contribution >= 0.6 is 0 Å². The van der Waals surface area contributed by atoms with Crippen molar-refractivity contribution >= 4 is 29.1 Å².